The zero-order chi connectivity index (χ0) is 15.1. The van der Waals surface area contributed by atoms with Crippen molar-refractivity contribution in [3.63, 3.8) is 0 Å². The Morgan fingerprint density at radius 3 is 2.35 bits per heavy atom. The number of carbonyl (C=O) groups excluding carboxylic acids is 2. The van der Waals surface area contributed by atoms with Crippen LogP contribution >= 0.6 is 0 Å². The van der Waals surface area contributed by atoms with Crippen LogP contribution < -0.4 is 5.32 Å². The number of rotatable bonds is 7. The molecule has 1 amide bonds. The molecular formula is C16H24N2O2. The molecule has 0 heterocycles. The van der Waals surface area contributed by atoms with Crippen molar-refractivity contribution in [2.24, 2.45) is 5.92 Å². The molecule has 1 atom stereocenters. The Kier molecular flexibility index (Phi) is 6.39. The maximum absolute atomic E-state index is 12.1. The molecule has 110 valence electrons. The molecule has 1 N–H and O–H groups in total. The molecule has 0 radical (unpaired) electrons. The smallest absolute Gasteiger partial charge is 0.223 e. The number of carbonyl (C=O) groups is 2. The Morgan fingerprint density at radius 1 is 1.25 bits per heavy atom. The van der Waals surface area contributed by atoms with E-state index in [1.54, 1.807) is 7.05 Å². The number of Topliss-reactive ketones (excluding diaryl/α,β-unsaturated/α-hetero) is 1. The third-order valence-corrected chi connectivity index (χ3v) is 3.38. The molecular weight excluding hydrogens is 252 g/mol. The molecule has 20 heavy (non-hydrogen) atoms. The molecule has 4 nitrogen and oxygen atoms in total. The average Bonchev–Trinajstić information content (AvgIpc) is 2.46. The van der Waals surface area contributed by atoms with Crippen LogP contribution in [0.15, 0.2) is 24.3 Å². The van der Waals surface area contributed by atoms with Crippen molar-refractivity contribution in [1.82, 2.24) is 10.2 Å². The molecule has 4 heteroatoms. The fraction of sp³-hybridized carbons (Fsp3) is 0.500. The lowest BCUT2D eigenvalue weighted by Crippen LogP contribution is -2.36. The summed E-state index contributed by atoms with van der Waals surface area (Å²) >= 11 is 0. The van der Waals surface area contributed by atoms with Gasteiger partial charge in [-0.25, -0.2) is 0 Å². The summed E-state index contributed by atoms with van der Waals surface area (Å²) in [6.07, 6.45) is 0.970. The van der Waals surface area contributed by atoms with Crippen LogP contribution in [0.4, 0.5) is 0 Å². The summed E-state index contributed by atoms with van der Waals surface area (Å²) in [5, 5.41) is 2.62. The minimum Gasteiger partial charge on any atom is -0.359 e. The summed E-state index contributed by atoms with van der Waals surface area (Å²) in [7, 11) is 3.48. The van der Waals surface area contributed by atoms with Gasteiger partial charge in [0, 0.05) is 25.1 Å². The second-order valence-electron chi connectivity index (χ2n) is 5.19. The van der Waals surface area contributed by atoms with E-state index < -0.39 is 0 Å². The first-order valence-electron chi connectivity index (χ1n) is 7.00. The van der Waals surface area contributed by atoms with Crippen molar-refractivity contribution in [2.75, 3.05) is 27.2 Å². The number of likely N-dealkylation sites (N-methyl/N-ethyl adjacent to an activating group) is 1. The van der Waals surface area contributed by atoms with Crippen molar-refractivity contribution < 1.29 is 9.59 Å². The zero-order valence-corrected chi connectivity index (χ0v) is 12.8. The van der Waals surface area contributed by atoms with Gasteiger partial charge in [0.25, 0.3) is 0 Å². The van der Waals surface area contributed by atoms with Gasteiger partial charge in [-0.1, -0.05) is 38.1 Å². The first-order valence-corrected chi connectivity index (χ1v) is 7.00. The van der Waals surface area contributed by atoms with Crippen molar-refractivity contribution >= 4 is 11.7 Å². The SMILES string of the molecule is CCc1ccc(C(=O)CN(C)CC(C)C(=O)NC)cc1. The number of aryl methyl sites for hydroxylation is 1. The van der Waals surface area contributed by atoms with Crippen molar-refractivity contribution in [1.29, 1.82) is 0 Å². The molecule has 1 aromatic rings. The van der Waals surface area contributed by atoms with Crippen LogP contribution in [0, 0.1) is 5.92 Å². The highest BCUT2D eigenvalue weighted by molar-refractivity contribution is 5.97. The maximum Gasteiger partial charge on any atom is 0.223 e. The van der Waals surface area contributed by atoms with E-state index in [-0.39, 0.29) is 17.6 Å². The van der Waals surface area contributed by atoms with Crippen LogP contribution in [-0.4, -0.2) is 43.8 Å². The number of amides is 1. The molecule has 1 unspecified atom stereocenters. The Balaban J connectivity index is 2.54. The fourth-order valence-corrected chi connectivity index (χ4v) is 2.12. The topological polar surface area (TPSA) is 49.4 Å². The molecule has 0 saturated carbocycles. The maximum atomic E-state index is 12.1. The summed E-state index contributed by atoms with van der Waals surface area (Å²) in [5.74, 6) is -0.0453. The summed E-state index contributed by atoms with van der Waals surface area (Å²) < 4.78 is 0. The van der Waals surface area contributed by atoms with Crippen LogP contribution in [0.2, 0.25) is 0 Å². The third kappa shape index (κ3) is 4.78. The lowest BCUT2D eigenvalue weighted by molar-refractivity contribution is -0.124. The minimum absolute atomic E-state index is 0.00315. The van der Waals surface area contributed by atoms with E-state index in [1.807, 2.05) is 43.1 Å². The Morgan fingerprint density at radius 2 is 1.85 bits per heavy atom. The van der Waals surface area contributed by atoms with Crippen LogP contribution in [0.25, 0.3) is 0 Å². The first kappa shape index (κ1) is 16.4. The molecule has 0 aliphatic carbocycles. The lowest BCUT2D eigenvalue weighted by Gasteiger charge is -2.19. The number of nitrogens with one attached hydrogen (secondary N) is 1. The standard InChI is InChI=1S/C16H24N2O2/c1-5-13-6-8-14(9-7-13)15(19)11-18(4)10-12(2)16(20)17-3/h6-9,12H,5,10-11H2,1-4H3,(H,17,20). The van der Waals surface area contributed by atoms with Gasteiger partial charge in [0.2, 0.25) is 5.91 Å². The van der Waals surface area contributed by atoms with Crippen molar-refractivity contribution in [3.05, 3.63) is 35.4 Å². The molecule has 0 fully saturated rings. The van der Waals surface area contributed by atoms with Gasteiger partial charge < -0.3 is 5.32 Å². The summed E-state index contributed by atoms with van der Waals surface area (Å²) in [4.78, 5) is 25.5. The fourth-order valence-electron chi connectivity index (χ4n) is 2.12. The van der Waals surface area contributed by atoms with Gasteiger partial charge in [-0.3, -0.25) is 14.5 Å². The number of benzene rings is 1. The second-order valence-corrected chi connectivity index (χ2v) is 5.19. The molecule has 1 rings (SSSR count). The first-order chi connectivity index (χ1) is 9.47. The molecule has 0 aliphatic heterocycles. The number of nitrogens with zero attached hydrogens (tertiary/aromatic N) is 1. The van der Waals surface area contributed by atoms with Gasteiger partial charge in [0.1, 0.15) is 0 Å². The van der Waals surface area contributed by atoms with Gasteiger partial charge in [-0.15, -0.1) is 0 Å². The normalized spacial score (nSPS) is 12.2. The quantitative estimate of drug-likeness (QED) is 0.772. The molecule has 0 aliphatic rings. The van der Waals surface area contributed by atoms with Gasteiger partial charge in [0.15, 0.2) is 5.78 Å². The second kappa shape index (κ2) is 7.80. The summed E-state index contributed by atoms with van der Waals surface area (Å²) in [6.45, 7) is 4.84. The molecule has 1 aromatic carbocycles. The monoisotopic (exact) mass is 276 g/mol. The lowest BCUT2D eigenvalue weighted by atomic mass is 10.1. The van der Waals surface area contributed by atoms with Crippen LogP contribution in [0.1, 0.15) is 29.8 Å². The van der Waals surface area contributed by atoms with E-state index >= 15 is 0 Å². The largest absolute Gasteiger partial charge is 0.359 e. The highest BCUT2D eigenvalue weighted by Crippen LogP contribution is 2.07. The van der Waals surface area contributed by atoms with Gasteiger partial charge in [-0.2, -0.15) is 0 Å². The van der Waals surface area contributed by atoms with E-state index in [0.29, 0.717) is 13.1 Å². The number of hydrogen-bond acceptors (Lipinski definition) is 3. The Labute approximate surface area is 121 Å². The van der Waals surface area contributed by atoms with E-state index in [9.17, 15) is 9.59 Å². The average molecular weight is 276 g/mol. The molecule has 0 spiro atoms. The zero-order valence-electron chi connectivity index (χ0n) is 12.8. The summed E-state index contributed by atoms with van der Waals surface area (Å²) in [5.41, 5.74) is 1.95. The van der Waals surface area contributed by atoms with E-state index in [2.05, 4.69) is 12.2 Å². The van der Waals surface area contributed by atoms with E-state index in [1.165, 1.54) is 5.56 Å². The van der Waals surface area contributed by atoms with Crippen LogP contribution in [0.5, 0.6) is 0 Å². The molecule has 0 aromatic heterocycles. The van der Waals surface area contributed by atoms with E-state index in [0.717, 1.165) is 12.0 Å². The number of ketones is 1. The predicted molar refractivity (Wildman–Crippen MR) is 80.9 cm³/mol. The number of hydrogen-bond donors (Lipinski definition) is 1. The van der Waals surface area contributed by atoms with E-state index in [4.69, 9.17) is 0 Å². The van der Waals surface area contributed by atoms with Crippen molar-refractivity contribution in [3.8, 4) is 0 Å². The molecule has 0 bridgehead atoms. The third-order valence-electron chi connectivity index (χ3n) is 3.38. The Hall–Kier alpha value is -1.68. The summed E-state index contributed by atoms with van der Waals surface area (Å²) in [6, 6.07) is 7.72. The van der Waals surface area contributed by atoms with Crippen molar-refractivity contribution in [2.45, 2.75) is 20.3 Å². The van der Waals surface area contributed by atoms with Gasteiger partial charge in [0.05, 0.1) is 6.54 Å². The highest BCUT2D eigenvalue weighted by Gasteiger charge is 2.16. The molecule has 0 saturated heterocycles. The van der Waals surface area contributed by atoms with Gasteiger partial charge >= 0.3 is 0 Å². The minimum atomic E-state index is -0.125. The Bertz CT molecular complexity index is 454. The van der Waals surface area contributed by atoms with Crippen LogP contribution in [-0.2, 0) is 11.2 Å². The van der Waals surface area contributed by atoms with Gasteiger partial charge in [-0.05, 0) is 19.0 Å². The van der Waals surface area contributed by atoms with Crippen LogP contribution in [0.3, 0.4) is 0 Å². The predicted octanol–water partition coefficient (Wildman–Crippen LogP) is 1.75. The highest BCUT2D eigenvalue weighted by atomic mass is 16.1.